The number of para-hydroxylation sites is 1. The minimum atomic E-state index is 0.517. The normalized spacial score (nSPS) is 11.3. The maximum absolute atomic E-state index is 9.84. The van der Waals surface area contributed by atoms with E-state index in [1.807, 2.05) is 30.5 Å². The summed E-state index contributed by atoms with van der Waals surface area (Å²) in [5.74, 6) is 0.863. The Balaban J connectivity index is 1.52. The molecule has 0 unspecified atom stereocenters. The number of aromatic amines is 1. The van der Waals surface area contributed by atoms with Gasteiger partial charge in [0.15, 0.2) is 0 Å². The largest absolute Gasteiger partial charge is 0.493 e. The number of H-pyrrole nitrogens is 1. The number of pyridine rings is 1. The van der Waals surface area contributed by atoms with E-state index in [0.717, 1.165) is 67.2 Å². The van der Waals surface area contributed by atoms with Crippen molar-refractivity contribution in [1.29, 1.82) is 5.26 Å². The molecule has 3 aromatic heterocycles. The minimum absolute atomic E-state index is 0.517. The topological polar surface area (TPSA) is 77.0 Å². The number of aromatic nitrogens is 2. The predicted octanol–water partition coefficient (Wildman–Crippen LogP) is 6.70. The average Bonchev–Trinajstić information content (AvgIpc) is 3.51. The highest BCUT2D eigenvalue weighted by molar-refractivity contribution is 7.22. The molecule has 0 aliphatic heterocycles. The molecule has 7 heteroatoms. The molecule has 0 saturated carbocycles. The molecule has 0 radical (unpaired) electrons. The monoisotopic (exact) mass is 481 g/mol. The lowest BCUT2D eigenvalue weighted by Gasteiger charge is -2.13. The smallest absolute Gasteiger partial charge is 0.127 e. The van der Waals surface area contributed by atoms with Crippen LogP contribution in [0.5, 0.6) is 5.75 Å². The first-order valence-electron chi connectivity index (χ1n) is 11.6. The molecular formula is C28H27N5OS. The third-order valence-corrected chi connectivity index (χ3v) is 7.18. The van der Waals surface area contributed by atoms with Crippen molar-refractivity contribution in [3.63, 3.8) is 0 Å². The van der Waals surface area contributed by atoms with Gasteiger partial charge in [-0.15, -0.1) is 11.3 Å². The summed E-state index contributed by atoms with van der Waals surface area (Å²) in [5, 5.41) is 15.5. The van der Waals surface area contributed by atoms with Gasteiger partial charge in [-0.05, 0) is 69.4 Å². The number of ether oxygens (including phenoxy) is 1. The maximum atomic E-state index is 9.84. The highest BCUT2D eigenvalue weighted by Crippen LogP contribution is 2.41. The Morgan fingerprint density at radius 2 is 2.00 bits per heavy atom. The van der Waals surface area contributed by atoms with Crippen LogP contribution in [-0.2, 0) is 0 Å². The molecule has 0 saturated heterocycles. The van der Waals surface area contributed by atoms with E-state index in [2.05, 4.69) is 71.5 Å². The minimum Gasteiger partial charge on any atom is -0.493 e. The molecule has 5 aromatic rings. The lowest BCUT2D eigenvalue weighted by molar-refractivity contribution is 0.282. The number of rotatable bonds is 8. The number of benzene rings is 2. The van der Waals surface area contributed by atoms with Crippen LogP contribution < -0.4 is 10.1 Å². The van der Waals surface area contributed by atoms with E-state index in [0.29, 0.717) is 12.2 Å². The summed E-state index contributed by atoms with van der Waals surface area (Å²) in [6, 6.07) is 18.7. The predicted molar refractivity (Wildman–Crippen MR) is 145 cm³/mol. The van der Waals surface area contributed by atoms with Crippen LogP contribution in [0, 0.1) is 18.3 Å². The summed E-state index contributed by atoms with van der Waals surface area (Å²) in [5.41, 5.74) is 5.53. The SMILES string of the molecule is Cc1c(Nc2c(C#N)cnc3sc(-c4ccccc4OCCCN(C)C)cc23)ccc2[nH]ccc12. The van der Waals surface area contributed by atoms with Crippen LogP contribution in [0.2, 0.25) is 0 Å². The average molecular weight is 482 g/mol. The van der Waals surface area contributed by atoms with E-state index in [-0.39, 0.29) is 0 Å². The van der Waals surface area contributed by atoms with Gasteiger partial charge in [0.05, 0.1) is 17.9 Å². The van der Waals surface area contributed by atoms with E-state index < -0.39 is 0 Å². The van der Waals surface area contributed by atoms with Gasteiger partial charge >= 0.3 is 0 Å². The molecule has 6 nitrogen and oxygen atoms in total. The lowest BCUT2D eigenvalue weighted by atomic mass is 10.1. The molecule has 0 bridgehead atoms. The standard InChI is InChI=1S/C28H27N5OS/c1-18-20-11-12-30-24(20)10-9-23(18)32-27-19(16-29)17-31-28-22(27)15-26(35-28)21-7-4-5-8-25(21)34-14-6-13-33(2)3/h4-5,7-12,15,17,30H,6,13-14H2,1-3H3,(H,31,32). The first-order chi connectivity index (χ1) is 17.0. The zero-order chi connectivity index (χ0) is 24.4. The van der Waals surface area contributed by atoms with Crippen LogP contribution in [0.15, 0.2) is 60.9 Å². The molecule has 35 heavy (non-hydrogen) atoms. The van der Waals surface area contributed by atoms with E-state index in [1.54, 1.807) is 17.5 Å². The summed E-state index contributed by atoms with van der Waals surface area (Å²) < 4.78 is 6.15. The van der Waals surface area contributed by atoms with Crippen LogP contribution in [0.25, 0.3) is 31.6 Å². The molecule has 0 fully saturated rings. The highest BCUT2D eigenvalue weighted by Gasteiger charge is 2.17. The fraction of sp³-hybridized carbons (Fsp3) is 0.214. The van der Waals surface area contributed by atoms with E-state index >= 15 is 0 Å². The first kappa shape index (κ1) is 22.9. The number of hydrogen-bond donors (Lipinski definition) is 2. The van der Waals surface area contributed by atoms with Gasteiger partial charge in [-0.25, -0.2) is 4.98 Å². The molecule has 2 N–H and O–H groups in total. The summed E-state index contributed by atoms with van der Waals surface area (Å²) in [6.45, 7) is 3.73. The van der Waals surface area contributed by atoms with Crippen molar-refractivity contribution in [2.75, 3.05) is 32.6 Å². The lowest BCUT2D eigenvalue weighted by Crippen LogP contribution is -2.15. The van der Waals surface area contributed by atoms with Gasteiger partial charge in [-0.3, -0.25) is 0 Å². The number of thiophene rings is 1. The number of nitrogens with zero attached hydrogens (tertiary/aromatic N) is 3. The first-order valence-corrected chi connectivity index (χ1v) is 12.4. The number of nitrogens with one attached hydrogen (secondary N) is 2. The zero-order valence-corrected chi connectivity index (χ0v) is 20.9. The fourth-order valence-corrected chi connectivity index (χ4v) is 5.29. The number of fused-ring (bicyclic) bond motifs is 2. The maximum Gasteiger partial charge on any atom is 0.127 e. The number of anilines is 2. The van der Waals surface area contributed by atoms with E-state index in [4.69, 9.17) is 4.74 Å². The molecule has 3 heterocycles. The Hall–Kier alpha value is -3.86. The van der Waals surface area contributed by atoms with Gasteiger partial charge in [-0.1, -0.05) is 12.1 Å². The van der Waals surface area contributed by atoms with Crippen molar-refractivity contribution in [3.05, 3.63) is 72.1 Å². The second kappa shape index (κ2) is 9.79. The van der Waals surface area contributed by atoms with Crippen LogP contribution >= 0.6 is 11.3 Å². The molecule has 5 rings (SSSR count). The van der Waals surface area contributed by atoms with Gasteiger partial charge in [0.2, 0.25) is 0 Å². The van der Waals surface area contributed by atoms with Crippen molar-refractivity contribution in [3.8, 4) is 22.3 Å². The summed E-state index contributed by atoms with van der Waals surface area (Å²) in [6.07, 6.45) is 4.55. The quantitative estimate of drug-likeness (QED) is 0.241. The van der Waals surface area contributed by atoms with Crippen molar-refractivity contribution in [2.24, 2.45) is 0 Å². The highest BCUT2D eigenvalue weighted by atomic mass is 32.1. The Morgan fingerprint density at radius 3 is 2.83 bits per heavy atom. The van der Waals surface area contributed by atoms with Crippen LogP contribution in [-0.4, -0.2) is 42.1 Å². The number of aryl methyl sites for hydroxylation is 1. The summed E-state index contributed by atoms with van der Waals surface area (Å²) in [4.78, 5) is 11.9. The van der Waals surface area contributed by atoms with Gasteiger partial charge in [0, 0.05) is 51.4 Å². The van der Waals surface area contributed by atoms with Crippen LogP contribution in [0.3, 0.4) is 0 Å². The van der Waals surface area contributed by atoms with Crippen molar-refractivity contribution in [1.82, 2.24) is 14.9 Å². The molecular weight excluding hydrogens is 454 g/mol. The molecule has 176 valence electrons. The summed E-state index contributed by atoms with van der Waals surface area (Å²) in [7, 11) is 4.13. The van der Waals surface area contributed by atoms with Gasteiger partial charge in [0.25, 0.3) is 0 Å². The van der Waals surface area contributed by atoms with Crippen molar-refractivity contribution in [2.45, 2.75) is 13.3 Å². The molecule has 0 amide bonds. The van der Waals surface area contributed by atoms with Crippen LogP contribution in [0.1, 0.15) is 17.5 Å². The van der Waals surface area contributed by atoms with E-state index in [1.165, 1.54) is 0 Å². The van der Waals surface area contributed by atoms with Gasteiger partial charge in [0.1, 0.15) is 16.6 Å². The molecule has 0 aliphatic carbocycles. The second-order valence-electron chi connectivity index (χ2n) is 8.79. The van der Waals surface area contributed by atoms with Crippen LogP contribution in [0.4, 0.5) is 11.4 Å². The molecule has 0 atom stereocenters. The molecule has 0 aliphatic rings. The number of nitriles is 1. The Labute approximate surface area is 208 Å². The Kier molecular flexibility index (Phi) is 6.41. The number of hydrogen-bond acceptors (Lipinski definition) is 6. The summed E-state index contributed by atoms with van der Waals surface area (Å²) >= 11 is 1.61. The third-order valence-electron chi connectivity index (χ3n) is 6.11. The third kappa shape index (κ3) is 4.59. The molecule has 2 aromatic carbocycles. The van der Waals surface area contributed by atoms with Gasteiger partial charge < -0.3 is 19.9 Å². The Bertz CT molecular complexity index is 1540. The molecule has 0 spiro atoms. The van der Waals surface area contributed by atoms with Gasteiger partial charge in [-0.2, -0.15) is 5.26 Å². The van der Waals surface area contributed by atoms with Crippen molar-refractivity contribution >= 4 is 43.8 Å². The zero-order valence-electron chi connectivity index (χ0n) is 20.1. The van der Waals surface area contributed by atoms with E-state index in [9.17, 15) is 5.26 Å². The van der Waals surface area contributed by atoms with Crippen molar-refractivity contribution < 1.29 is 4.74 Å². The second-order valence-corrected chi connectivity index (χ2v) is 9.82. The Morgan fingerprint density at radius 1 is 1.14 bits per heavy atom. The fourth-order valence-electron chi connectivity index (χ4n) is 4.25.